The summed E-state index contributed by atoms with van der Waals surface area (Å²) in [6.07, 6.45) is 0.767. The molecule has 0 amide bonds. The van der Waals surface area contributed by atoms with Gasteiger partial charge in [-0.15, -0.1) is 0 Å². The molecule has 0 bridgehead atoms. The number of nitrogens with zero attached hydrogens (tertiary/aromatic N) is 3. The minimum Gasteiger partial charge on any atom is -0.491 e. The molecular formula is C17H20F2N4O3. The number of nitrogens with one attached hydrogen (secondary N) is 1. The number of ether oxygens (including phenoxy) is 2. The van der Waals surface area contributed by atoms with Gasteiger partial charge in [-0.2, -0.15) is 4.98 Å². The molecule has 1 aliphatic rings. The van der Waals surface area contributed by atoms with Crippen molar-refractivity contribution in [3.05, 3.63) is 42.1 Å². The Labute approximate surface area is 149 Å². The summed E-state index contributed by atoms with van der Waals surface area (Å²) in [5.74, 6) is -0.618. The molecule has 1 fully saturated rings. The molecule has 1 saturated heterocycles. The average Bonchev–Trinajstić information content (AvgIpc) is 2.68. The average molecular weight is 366 g/mol. The highest BCUT2D eigenvalue weighted by Crippen LogP contribution is 2.16. The monoisotopic (exact) mass is 366 g/mol. The van der Waals surface area contributed by atoms with Crippen molar-refractivity contribution in [3.63, 3.8) is 0 Å². The van der Waals surface area contributed by atoms with Gasteiger partial charge in [0.05, 0.1) is 13.2 Å². The van der Waals surface area contributed by atoms with Gasteiger partial charge in [0.2, 0.25) is 5.95 Å². The van der Waals surface area contributed by atoms with E-state index in [1.54, 1.807) is 6.20 Å². The van der Waals surface area contributed by atoms with E-state index in [1.807, 2.05) is 6.07 Å². The van der Waals surface area contributed by atoms with Crippen molar-refractivity contribution < 1.29 is 23.4 Å². The maximum Gasteiger partial charge on any atom is 0.224 e. The van der Waals surface area contributed by atoms with Crippen LogP contribution in [0.5, 0.6) is 5.75 Å². The highest BCUT2D eigenvalue weighted by molar-refractivity contribution is 5.42. The van der Waals surface area contributed by atoms with Crippen molar-refractivity contribution in [2.75, 3.05) is 49.7 Å². The fraction of sp³-hybridized carbons (Fsp3) is 0.412. The molecule has 2 heterocycles. The van der Waals surface area contributed by atoms with Crippen molar-refractivity contribution in [1.29, 1.82) is 0 Å². The van der Waals surface area contributed by atoms with Crippen molar-refractivity contribution in [1.82, 2.24) is 9.97 Å². The minimum atomic E-state index is -0.997. The van der Waals surface area contributed by atoms with Crippen LogP contribution in [-0.2, 0) is 4.74 Å². The number of hydrogen-bond donors (Lipinski definition) is 2. The van der Waals surface area contributed by atoms with E-state index in [1.165, 1.54) is 6.07 Å². The number of morpholine rings is 1. The van der Waals surface area contributed by atoms with E-state index >= 15 is 0 Å². The van der Waals surface area contributed by atoms with Crippen LogP contribution in [0.3, 0.4) is 0 Å². The highest BCUT2D eigenvalue weighted by Gasteiger charge is 2.13. The van der Waals surface area contributed by atoms with Crippen LogP contribution in [0.25, 0.3) is 0 Å². The number of halogens is 2. The molecule has 1 aromatic carbocycles. The number of benzene rings is 1. The lowest BCUT2D eigenvalue weighted by Crippen LogP contribution is -2.37. The van der Waals surface area contributed by atoms with Crippen LogP contribution < -0.4 is 15.0 Å². The molecule has 3 rings (SSSR count). The quantitative estimate of drug-likeness (QED) is 0.768. The molecule has 0 saturated carbocycles. The first-order chi connectivity index (χ1) is 12.6. The maximum atomic E-state index is 13.1. The molecule has 1 unspecified atom stereocenters. The van der Waals surface area contributed by atoms with Crippen LogP contribution in [0.2, 0.25) is 0 Å². The van der Waals surface area contributed by atoms with E-state index < -0.39 is 17.7 Å². The van der Waals surface area contributed by atoms with E-state index in [2.05, 4.69) is 20.2 Å². The molecule has 1 atom stereocenters. The zero-order valence-electron chi connectivity index (χ0n) is 14.1. The van der Waals surface area contributed by atoms with Gasteiger partial charge in [-0.1, -0.05) is 0 Å². The molecule has 1 aromatic heterocycles. The first-order valence-electron chi connectivity index (χ1n) is 8.27. The van der Waals surface area contributed by atoms with Crippen LogP contribution in [0, 0.1) is 11.6 Å². The summed E-state index contributed by atoms with van der Waals surface area (Å²) >= 11 is 0. The van der Waals surface area contributed by atoms with Crippen LogP contribution in [0.4, 0.5) is 20.5 Å². The van der Waals surface area contributed by atoms with Gasteiger partial charge in [-0.05, 0) is 18.2 Å². The second-order valence-electron chi connectivity index (χ2n) is 5.76. The second kappa shape index (κ2) is 8.72. The van der Waals surface area contributed by atoms with Gasteiger partial charge in [0.25, 0.3) is 0 Å². The van der Waals surface area contributed by atoms with E-state index in [9.17, 15) is 13.9 Å². The highest BCUT2D eigenvalue weighted by atomic mass is 19.2. The molecule has 2 N–H and O–H groups in total. The van der Waals surface area contributed by atoms with E-state index in [-0.39, 0.29) is 18.9 Å². The fourth-order valence-electron chi connectivity index (χ4n) is 2.43. The summed E-state index contributed by atoms with van der Waals surface area (Å²) in [5, 5.41) is 12.9. The van der Waals surface area contributed by atoms with Gasteiger partial charge in [0.1, 0.15) is 24.3 Å². The topological polar surface area (TPSA) is 79.7 Å². The van der Waals surface area contributed by atoms with E-state index in [0.29, 0.717) is 19.2 Å². The standard InChI is InChI=1S/C17H20F2N4O3/c18-14-2-1-13(9-15(14)19)26-11-12(24)10-21-17-20-4-3-16(22-17)23-5-7-25-8-6-23/h1-4,9,12,24H,5-8,10-11H2,(H,20,21,22). The first-order valence-corrected chi connectivity index (χ1v) is 8.27. The van der Waals surface area contributed by atoms with Gasteiger partial charge in [-0.25, -0.2) is 13.8 Å². The summed E-state index contributed by atoms with van der Waals surface area (Å²) in [5.41, 5.74) is 0. The zero-order valence-corrected chi connectivity index (χ0v) is 14.1. The van der Waals surface area contributed by atoms with Gasteiger partial charge in [0, 0.05) is 31.9 Å². The first kappa shape index (κ1) is 18.3. The lowest BCUT2D eigenvalue weighted by atomic mass is 10.3. The number of anilines is 2. The van der Waals surface area contributed by atoms with Crippen molar-refractivity contribution in [2.24, 2.45) is 0 Å². The minimum absolute atomic E-state index is 0.0821. The number of aliphatic hydroxyl groups excluding tert-OH is 1. The van der Waals surface area contributed by atoms with E-state index in [4.69, 9.17) is 9.47 Å². The third-order valence-corrected chi connectivity index (χ3v) is 3.81. The molecule has 1 aliphatic heterocycles. The SMILES string of the molecule is OC(CNc1nccc(N2CCOCC2)n1)COc1ccc(F)c(F)c1. The molecule has 0 aliphatic carbocycles. The molecule has 0 spiro atoms. The molecule has 140 valence electrons. The number of aliphatic hydroxyl groups is 1. The third kappa shape index (κ3) is 4.99. The predicted molar refractivity (Wildman–Crippen MR) is 91.4 cm³/mol. The maximum absolute atomic E-state index is 13.1. The summed E-state index contributed by atoms with van der Waals surface area (Å²) in [7, 11) is 0. The van der Waals surface area contributed by atoms with Crippen LogP contribution >= 0.6 is 0 Å². The number of aromatic nitrogens is 2. The molecular weight excluding hydrogens is 346 g/mol. The van der Waals surface area contributed by atoms with Crippen LogP contribution in [0.15, 0.2) is 30.5 Å². The number of rotatable bonds is 7. The normalized spacial score (nSPS) is 15.6. The Morgan fingerprint density at radius 3 is 2.81 bits per heavy atom. The lowest BCUT2D eigenvalue weighted by molar-refractivity contribution is 0.117. The molecule has 26 heavy (non-hydrogen) atoms. The Balaban J connectivity index is 1.47. The summed E-state index contributed by atoms with van der Waals surface area (Å²) in [6.45, 7) is 2.92. The summed E-state index contributed by atoms with van der Waals surface area (Å²) in [6, 6.07) is 5.03. The van der Waals surface area contributed by atoms with Gasteiger partial charge >= 0.3 is 0 Å². The molecule has 2 aromatic rings. The van der Waals surface area contributed by atoms with Crippen LogP contribution in [0.1, 0.15) is 0 Å². The molecule has 0 radical (unpaired) electrons. The lowest BCUT2D eigenvalue weighted by Gasteiger charge is -2.27. The van der Waals surface area contributed by atoms with Crippen molar-refractivity contribution in [2.45, 2.75) is 6.10 Å². The van der Waals surface area contributed by atoms with Crippen LogP contribution in [-0.4, -0.2) is 60.6 Å². The summed E-state index contributed by atoms with van der Waals surface area (Å²) in [4.78, 5) is 10.6. The second-order valence-corrected chi connectivity index (χ2v) is 5.76. The Bertz CT molecular complexity index is 729. The third-order valence-electron chi connectivity index (χ3n) is 3.81. The van der Waals surface area contributed by atoms with Gasteiger partial charge in [-0.3, -0.25) is 0 Å². The smallest absolute Gasteiger partial charge is 0.224 e. The van der Waals surface area contributed by atoms with Crippen molar-refractivity contribution >= 4 is 11.8 Å². The Morgan fingerprint density at radius 2 is 2.04 bits per heavy atom. The molecule has 9 heteroatoms. The summed E-state index contributed by atoms with van der Waals surface area (Å²) < 4.78 is 36.5. The van der Waals surface area contributed by atoms with Gasteiger partial charge in [0.15, 0.2) is 11.6 Å². The Hall–Kier alpha value is -2.52. The largest absolute Gasteiger partial charge is 0.491 e. The van der Waals surface area contributed by atoms with Crippen molar-refractivity contribution in [3.8, 4) is 5.75 Å². The van der Waals surface area contributed by atoms with E-state index in [0.717, 1.165) is 31.0 Å². The van der Waals surface area contributed by atoms with Gasteiger partial charge < -0.3 is 24.8 Å². The fourth-order valence-corrected chi connectivity index (χ4v) is 2.43. The molecule has 7 nitrogen and oxygen atoms in total. The Kier molecular flexibility index (Phi) is 6.13. The zero-order chi connectivity index (χ0) is 18.4. The Morgan fingerprint density at radius 1 is 1.23 bits per heavy atom. The predicted octanol–water partition coefficient (Wildman–Crippen LogP) is 1.44. The number of hydrogen-bond acceptors (Lipinski definition) is 7.